The molecule has 2 aromatic rings. The zero-order valence-electron chi connectivity index (χ0n) is 12.5. The van der Waals surface area contributed by atoms with Gasteiger partial charge in [-0.25, -0.2) is 17.2 Å². The van der Waals surface area contributed by atoms with E-state index in [-0.39, 0.29) is 10.6 Å². The predicted molar refractivity (Wildman–Crippen MR) is 88.9 cm³/mol. The molecule has 0 aliphatic heterocycles. The van der Waals surface area contributed by atoms with E-state index in [1.165, 1.54) is 19.2 Å². The predicted octanol–water partition coefficient (Wildman–Crippen LogP) is 2.99. The third-order valence-electron chi connectivity index (χ3n) is 3.03. The van der Waals surface area contributed by atoms with Gasteiger partial charge in [0.25, 0.3) is 0 Å². The first-order valence-electron chi connectivity index (χ1n) is 6.66. The average molecular weight is 419 g/mol. The van der Waals surface area contributed by atoms with Crippen molar-refractivity contribution in [2.45, 2.75) is 4.90 Å². The Morgan fingerprint density at radius 1 is 1.12 bits per heavy atom. The lowest BCUT2D eigenvalue weighted by molar-refractivity contribution is -0.116. The molecular weight excluding hydrogens is 406 g/mol. The molecule has 0 heterocycles. The van der Waals surface area contributed by atoms with E-state index in [2.05, 4.69) is 21.2 Å². The van der Waals surface area contributed by atoms with E-state index in [0.717, 1.165) is 20.9 Å². The van der Waals surface area contributed by atoms with Crippen molar-refractivity contribution in [2.75, 3.05) is 18.9 Å². The zero-order valence-corrected chi connectivity index (χ0v) is 14.9. The highest BCUT2D eigenvalue weighted by atomic mass is 79.9. The molecule has 128 valence electrons. The lowest BCUT2D eigenvalue weighted by Crippen LogP contribution is -2.35. The van der Waals surface area contributed by atoms with Crippen molar-refractivity contribution in [2.24, 2.45) is 0 Å². The highest BCUT2D eigenvalue weighted by Crippen LogP contribution is 2.18. The molecule has 0 radical (unpaired) electrons. The van der Waals surface area contributed by atoms with Crippen LogP contribution in [0, 0.1) is 11.6 Å². The van der Waals surface area contributed by atoms with Crippen molar-refractivity contribution < 1.29 is 22.0 Å². The molecule has 2 aromatic carbocycles. The molecule has 0 saturated carbocycles. The van der Waals surface area contributed by atoms with Gasteiger partial charge in [-0.2, -0.15) is 4.31 Å². The summed E-state index contributed by atoms with van der Waals surface area (Å²) in [4.78, 5) is 11.9. The summed E-state index contributed by atoms with van der Waals surface area (Å²) in [6.45, 7) is -0.503. The quantitative estimate of drug-likeness (QED) is 0.811. The molecule has 9 heteroatoms. The molecule has 2 rings (SSSR count). The first kappa shape index (κ1) is 18.5. The van der Waals surface area contributed by atoms with Gasteiger partial charge in [-0.1, -0.05) is 15.9 Å². The smallest absolute Gasteiger partial charge is 0.243 e. The van der Waals surface area contributed by atoms with Gasteiger partial charge >= 0.3 is 0 Å². The average Bonchev–Trinajstić information content (AvgIpc) is 2.46. The number of carbonyl (C=O) groups excluding carboxylic acids is 1. The van der Waals surface area contributed by atoms with Crippen LogP contribution < -0.4 is 5.32 Å². The lowest BCUT2D eigenvalue weighted by Gasteiger charge is -2.17. The molecule has 0 fully saturated rings. The number of nitrogens with one attached hydrogen (secondary N) is 1. The number of hydrogen-bond donors (Lipinski definition) is 1. The molecule has 5 nitrogen and oxygen atoms in total. The highest BCUT2D eigenvalue weighted by Gasteiger charge is 2.23. The van der Waals surface area contributed by atoms with Crippen molar-refractivity contribution >= 4 is 37.5 Å². The monoisotopic (exact) mass is 418 g/mol. The van der Waals surface area contributed by atoms with Crippen LogP contribution in [0.3, 0.4) is 0 Å². The number of halogens is 3. The van der Waals surface area contributed by atoms with Crippen LogP contribution in [-0.2, 0) is 14.8 Å². The zero-order chi connectivity index (χ0) is 17.9. The topological polar surface area (TPSA) is 66.5 Å². The SMILES string of the molecule is CN(CC(=O)Nc1cc(F)cc(F)c1)S(=O)(=O)c1ccc(Br)cc1. The largest absolute Gasteiger partial charge is 0.325 e. The molecule has 0 unspecified atom stereocenters. The Labute approximate surface area is 146 Å². The van der Waals surface area contributed by atoms with Gasteiger partial charge < -0.3 is 5.32 Å². The molecule has 0 aromatic heterocycles. The minimum absolute atomic E-state index is 0.0257. The van der Waals surface area contributed by atoms with Gasteiger partial charge in [0.2, 0.25) is 15.9 Å². The first-order chi connectivity index (χ1) is 11.2. The number of rotatable bonds is 5. The maximum atomic E-state index is 13.1. The number of hydrogen-bond acceptors (Lipinski definition) is 3. The molecule has 0 atom stereocenters. The number of anilines is 1. The van der Waals surface area contributed by atoms with Crippen molar-refractivity contribution in [3.63, 3.8) is 0 Å². The molecule has 0 aliphatic rings. The molecule has 1 N–H and O–H groups in total. The van der Waals surface area contributed by atoms with Gasteiger partial charge in [0.1, 0.15) is 11.6 Å². The van der Waals surface area contributed by atoms with E-state index in [4.69, 9.17) is 0 Å². The number of benzene rings is 2. The second-order valence-electron chi connectivity index (χ2n) is 4.92. The Balaban J connectivity index is 2.09. The summed E-state index contributed by atoms with van der Waals surface area (Å²) in [6, 6.07) is 8.46. The molecule has 0 spiro atoms. The van der Waals surface area contributed by atoms with E-state index < -0.39 is 34.1 Å². The van der Waals surface area contributed by atoms with Gasteiger partial charge in [-0.3, -0.25) is 4.79 Å². The van der Waals surface area contributed by atoms with E-state index in [1.54, 1.807) is 12.1 Å². The summed E-state index contributed by atoms with van der Waals surface area (Å²) in [5.74, 6) is -2.41. The van der Waals surface area contributed by atoms with Crippen molar-refractivity contribution in [3.8, 4) is 0 Å². The highest BCUT2D eigenvalue weighted by molar-refractivity contribution is 9.10. The van der Waals surface area contributed by atoms with Crippen LogP contribution in [0.1, 0.15) is 0 Å². The van der Waals surface area contributed by atoms with E-state index in [9.17, 15) is 22.0 Å². The maximum Gasteiger partial charge on any atom is 0.243 e. The Kier molecular flexibility index (Phi) is 5.68. The Morgan fingerprint density at radius 2 is 1.67 bits per heavy atom. The molecule has 0 bridgehead atoms. The number of likely N-dealkylation sites (N-methyl/N-ethyl adjacent to an activating group) is 1. The molecular formula is C15H13BrF2N2O3S. The summed E-state index contributed by atoms with van der Waals surface area (Å²) in [5, 5.41) is 2.25. The van der Waals surface area contributed by atoms with Crippen LogP contribution >= 0.6 is 15.9 Å². The fourth-order valence-corrected chi connectivity index (χ4v) is 3.29. The van der Waals surface area contributed by atoms with Gasteiger partial charge in [0.05, 0.1) is 11.4 Å². The van der Waals surface area contributed by atoms with E-state index in [0.29, 0.717) is 6.07 Å². The molecule has 0 saturated heterocycles. The molecule has 1 amide bonds. The van der Waals surface area contributed by atoms with Crippen molar-refractivity contribution in [1.82, 2.24) is 4.31 Å². The van der Waals surface area contributed by atoms with Crippen LogP contribution in [0.2, 0.25) is 0 Å². The number of nitrogens with zero attached hydrogens (tertiary/aromatic N) is 1. The maximum absolute atomic E-state index is 13.1. The summed E-state index contributed by atoms with van der Waals surface area (Å²) in [6.07, 6.45) is 0. The Bertz CT molecular complexity index is 837. The van der Waals surface area contributed by atoms with E-state index in [1.807, 2.05) is 0 Å². The number of carbonyl (C=O) groups is 1. The fourth-order valence-electron chi connectivity index (χ4n) is 1.90. The van der Waals surface area contributed by atoms with E-state index >= 15 is 0 Å². The fraction of sp³-hybridized carbons (Fsp3) is 0.133. The van der Waals surface area contributed by atoms with Crippen LogP contribution in [0.25, 0.3) is 0 Å². The lowest BCUT2D eigenvalue weighted by atomic mass is 10.3. The van der Waals surface area contributed by atoms with Crippen molar-refractivity contribution in [1.29, 1.82) is 0 Å². The first-order valence-corrected chi connectivity index (χ1v) is 8.89. The van der Waals surface area contributed by atoms with Crippen molar-refractivity contribution in [3.05, 3.63) is 58.6 Å². The van der Waals surface area contributed by atoms with Gasteiger partial charge in [0.15, 0.2) is 0 Å². The van der Waals surface area contributed by atoms with Crippen LogP contribution in [0.5, 0.6) is 0 Å². The third-order valence-corrected chi connectivity index (χ3v) is 5.38. The molecule has 24 heavy (non-hydrogen) atoms. The van der Waals surface area contributed by atoms with Crippen LogP contribution in [0.4, 0.5) is 14.5 Å². The van der Waals surface area contributed by atoms with Crippen LogP contribution in [-0.4, -0.2) is 32.2 Å². The Hall–Kier alpha value is -1.84. The number of amides is 1. The molecule has 0 aliphatic carbocycles. The summed E-state index contributed by atoms with van der Waals surface area (Å²) in [5.41, 5.74) is -0.0908. The van der Waals surface area contributed by atoms with Gasteiger partial charge in [0, 0.05) is 23.3 Å². The summed E-state index contributed by atoms with van der Waals surface area (Å²) in [7, 11) is -2.62. The van der Waals surface area contributed by atoms with Gasteiger partial charge in [-0.15, -0.1) is 0 Å². The minimum Gasteiger partial charge on any atom is -0.325 e. The summed E-state index contributed by atoms with van der Waals surface area (Å²) >= 11 is 3.20. The summed E-state index contributed by atoms with van der Waals surface area (Å²) < 4.78 is 52.4. The third kappa shape index (κ3) is 4.59. The minimum atomic E-state index is -3.86. The second-order valence-corrected chi connectivity index (χ2v) is 7.88. The second kappa shape index (κ2) is 7.37. The standard InChI is InChI=1S/C15H13BrF2N2O3S/c1-20(24(22,23)14-4-2-10(16)3-5-14)9-15(21)19-13-7-11(17)6-12(18)8-13/h2-8H,9H2,1H3,(H,19,21). The normalized spacial score (nSPS) is 11.5. The van der Waals surface area contributed by atoms with Crippen LogP contribution in [0.15, 0.2) is 51.8 Å². The number of sulfonamides is 1. The Morgan fingerprint density at radius 3 is 2.21 bits per heavy atom. The van der Waals surface area contributed by atoms with Gasteiger partial charge in [-0.05, 0) is 36.4 Å².